The summed E-state index contributed by atoms with van der Waals surface area (Å²) in [6.07, 6.45) is -48.6. The Morgan fingerprint density at radius 2 is 0.472 bits per heavy atom. The van der Waals surface area contributed by atoms with Gasteiger partial charge >= 0.3 is 60.1 Å². The van der Waals surface area contributed by atoms with E-state index in [1.165, 1.54) is 0 Å². The van der Waals surface area contributed by atoms with Gasteiger partial charge in [0.05, 0.1) is 0 Å². The zero-order chi connectivity index (χ0) is 29.6. The van der Waals surface area contributed by atoms with Crippen LogP contribution < -0.4 is 0 Å². The van der Waals surface area contributed by atoms with Crippen molar-refractivity contribution < 1.29 is 106 Å². The zero-order valence-electron chi connectivity index (χ0n) is 15.1. The molecule has 1 rings (SSSR count). The van der Waals surface area contributed by atoms with Crippen LogP contribution in [0.4, 0.5) is 96.6 Å². The monoisotopic (exact) mass is 594 g/mol. The molecule has 0 bridgehead atoms. The van der Waals surface area contributed by atoms with Crippen molar-refractivity contribution in [3.63, 3.8) is 0 Å². The highest BCUT2D eigenvalue weighted by atomic mass is 19.4. The first kappa shape index (κ1) is 31.8. The molecule has 0 N–H and O–H groups in total. The predicted molar refractivity (Wildman–Crippen MR) is 60.9 cm³/mol. The number of hydrogen-bond acceptors (Lipinski definition) is 2. The van der Waals surface area contributed by atoms with Crippen molar-refractivity contribution in [1.29, 1.82) is 0 Å². The van der Waals surface area contributed by atoms with Crippen LogP contribution in [0.15, 0.2) is 11.5 Å². The van der Waals surface area contributed by atoms with Crippen molar-refractivity contribution in [1.82, 2.24) is 0 Å². The smallest absolute Gasteiger partial charge is 0.447 e. The molecule has 0 unspecified atom stereocenters. The van der Waals surface area contributed by atoms with E-state index in [2.05, 4.69) is 0 Å². The summed E-state index contributed by atoms with van der Waals surface area (Å²) in [6.45, 7) is 0. The SMILES string of the molecule is FC(F)(F)C(OC1=C(OC(C(F)(F)F)(C(F)(F)F)C(F)(F)F)C(F)(F)C1(F)F)(C(F)(F)F)C(F)(F)F. The highest BCUT2D eigenvalue weighted by molar-refractivity contribution is 5.38. The van der Waals surface area contributed by atoms with E-state index in [0.717, 1.165) is 0 Å². The highest BCUT2D eigenvalue weighted by Crippen LogP contribution is 2.65. The van der Waals surface area contributed by atoms with Gasteiger partial charge in [0.25, 0.3) is 0 Å². The Kier molecular flexibility index (Phi) is 6.77. The lowest BCUT2D eigenvalue weighted by Gasteiger charge is -2.47. The van der Waals surface area contributed by atoms with Crippen LogP contribution in [-0.2, 0) is 9.47 Å². The van der Waals surface area contributed by atoms with Crippen LogP contribution in [0.25, 0.3) is 0 Å². The van der Waals surface area contributed by atoms with Crippen LogP contribution in [0.1, 0.15) is 0 Å². The van der Waals surface area contributed by atoms with Gasteiger partial charge in [0.1, 0.15) is 0 Å². The maximum absolute atomic E-state index is 13.4. The molecule has 0 aromatic heterocycles. The minimum Gasteiger partial charge on any atom is -0.456 e. The van der Waals surface area contributed by atoms with Crippen LogP contribution in [0.5, 0.6) is 0 Å². The molecular formula is C12F22O2. The number of hydrogen-bond donors (Lipinski definition) is 0. The first-order valence-electron chi connectivity index (χ1n) is 7.47. The van der Waals surface area contributed by atoms with Gasteiger partial charge in [-0.15, -0.1) is 0 Å². The van der Waals surface area contributed by atoms with Gasteiger partial charge in [-0.25, -0.2) is 0 Å². The molecule has 24 heteroatoms. The van der Waals surface area contributed by atoms with E-state index in [1.807, 2.05) is 9.47 Å². The molecule has 214 valence electrons. The summed E-state index contributed by atoms with van der Waals surface area (Å²) >= 11 is 0. The second-order valence-electron chi connectivity index (χ2n) is 6.36. The quantitative estimate of drug-likeness (QED) is 0.317. The Morgan fingerprint density at radius 1 is 0.333 bits per heavy atom. The molecule has 0 heterocycles. The number of halogens is 22. The molecule has 0 amide bonds. The van der Waals surface area contributed by atoms with Crippen molar-refractivity contribution >= 4 is 0 Å². The lowest BCUT2D eigenvalue weighted by molar-refractivity contribution is -0.471. The van der Waals surface area contributed by atoms with Gasteiger partial charge in [0, 0.05) is 0 Å². The molecular weight excluding hydrogens is 594 g/mol. The summed E-state index contributed by atoms with van der Waals surface area (Å²) < 4.78 is 287. The van der Waals surface area contributed by atoms with Crippen molar-refractivity contribution in [3.8, 4) is 0 Å². The Labute approximate surface area is 179 Å². The van der Waals surface area contributed by atoms with Gasteiger partial charge < -0.3 is 9.47 Å². The molecule has 0 aromatic carbocycles. The van der Waals surface area contributed by atoms with Crippen LogP contribution in [0.3, 0.4) is 0 Å². The fourth-order valence-electron chi connectivity index (χ4n) is 2.35. The standard InChI is InChI=1S/C12F22O2/c13-3(14)1(35-5(7(17,18)19,8(20,21)22)9(23,24)25)2(4(3,15)16)36-6(10(26,27)28,11(29,30)31)12(32,33)34. The second-order valence-corrected chi connectivity index (χ2v) is 6.36. The van der Waals surface area contributed by atoms with E-state index in [4.69, 9.17) is 0 Å². The molecule has 0 saturated heterocycles. The normalized spacial score (nSPS) is 20.3. The number of rotatable bonds is 4. The lowest BCUT2D eigenvalue weighted by Crippen LogP contribution is -2.72. The average Bonchev–Trinajstić information content (AvgIpc) is 2.49. The Bertz CT molecular complexity index is 726. The molecule has 0 aromatic rings. The van der Waals surface area contributed by atoms with Gasteiger partial charge in [-0.1, -0.05) is 0 Å². The van der Waals surface area contributed by atoms with Gasteiger partial charge in [0.2, 0.25) is 11.5 Å². The molecule has 2 nitrogen and oxygen atoms in total. The summed E-state index contributed by atoms with van der Waals surface area (Å²) in [7, 11) is 0. The fourth-order valence-corrected chi connectivity index (χ4v) is 2.35. The minimum absolute atomic E-state index is 1.86. The number of allylic oxidation sites excluding steroid dienone is 2. The molecule has 0 aliphatic heterocycles. The Morgan fingerprint density at radius 3 is 0.583 bits per heavy atom. The van der Waals surface area contributed by atoms with Gasteiger partial charge in [-0.05, 0) is 0 Å². The summed E-state index contributed by atoms with van der Waals surface area (Å²) in [5.74, 6) is -23.6. The molecule has 0 saturated carbocycles. The van der Waals surface area contributed by atoms with Crippen molar-refractivity contribution in [2.75, 3.05) is 0 Å². The van der Waals surface area contributed by atoms with E-state index in [9.17, 15) is 96.6 Å². The van der Waals surface area contributed by atoms with E-state index in [-0.39, 0.29) is 0 Å². The van der Waals surface area contributed by atoms with Crippen LogP contribution in [-0.4, -0.2) is 60.1 Å². The van der Waals surface area contributed by atoms with Crippen molar-refractivity contribution in [2.45, 2.75) is 60.1 Å². The van der Waals surface area contributed by atoms with E-state index >= 15 is 0 Å². The first-order valence-corrected chi connectivity index (χ1v) is 7.47. The molecule has 1 aliphatic rings. The van der Waals surface area contributed by atoms with Crippen molar-refractivity contribution in [3.05, 3.63) is 11.5 Å². The summed E-state index contributed by atoms with van der Waals surface area (Å²) in [5, 5.41) is 0. The van der Waals surface area contributed by atoms with Gasteiger partial charge in [-0.2, -0.15) is 96.6 Å². The number of alkyl halides is 22. The third kappa shape index (κ3) is 4.00. The molecule has 1 aliphatic carbocycles. The lowest BCUT2D eigenvalue weighted by atomic mass is 9.91. The fraction of sp³-hybridized carbons (Fsp3) is 0.833. The zero-order valence-corrected chi connectivity index (χ0v) is 15.1. The summed E-state index contributed by atoms with van der Waals surface area (Å²) in [6, 6.07) is 0. The molecule has 0 fully saturated rings. The molecule has 0 spiro atoms. The Balaban J connectivity index is 4.18. The molecule has 0 atom stereocenters. The molecule has 36 heavy (non-hydrogen) atoms. The predicted octanol–water partition coefficient (Wildman–Crippen LogP) is 7.37. The highest BCUT2D eigenvalue weighted by Gasteiger charge is 2.92. The van der Waals surface area contributed by atoms with Crippen LogP contribution in [0.2, 0.25) is 0 Å². The van der Waals surface area contributed by atoms with Crippen LogP contribution >= 0.6 is 0 Å². The first-order chi connectivity index (χ1) is 15.2. The van der Waals surface area contributed by atoms with Crippen LogP contribution in [0, 0.1) is 0 Å². The van der Waals surface area contributed by atoms with E-state index < -0.39 is 71.6 Å². The topological polar surface area (TPSA) is 18.5 Å². The average molecular weight is 594 g/mol. The summed E-state index contributed by atoms with van der Waals surface area (Å²) in [5.41, 5.74) is -16.2. The second kappa shape index (κ2) is 7.66. The summed E-state index contributed by atoms with van der Waals surface area (Å²) in [4.78, 5) is 0. The maximum atomic E-state index is 13.4. The van der Waals surface area contributed by atoms with Gasteiger partial charge in [-0.3, -0.25) is 0 Å². The maximum Gasteiger partial charge on any atom is 0.447 e. The largest absolute Gasteiger partial charge is 0.456 e. The third-order valence-electron chi connectivity index (χ3n) is 4.08. The third-order valence-corrected chi connectivity index (χ3v) is 4.08. The number of ether oxygens (including phenoxy) is 2. The van der Waals surface area contributed by atoms with Crippen molar-refractivity contribution in [2.24, 2.45) is 0 Å². The minimum atomic E-state index is -8.10. The van der Waals surface area contributed by atoms with E-state index in [1.54, 1.807) is 0 Å². The van der Waals surface area contributed by atoms with Gasteiger partial charge in [0.15, 0.2) is 0 Å². The Hall–Kier alpha value is -2.20. The van der Waals surface area contributed by atoms with E-state index in [0.29, 0.717) is 0 Å². The molecule has 0 radical (unpaired) electrons.